The summed E-state index contributed by atoms with van der Waals surface area (Å²) in [5, 5.41) is 22.3. The summed E-state index contributed by atoms with van der Waals surface area (Å²) in [5.41, 5.74) is 8.49. The number of nitrogens with zero attached hydrogens (tertiary/aromatic N) is 7. The van der Waals surface area contributed by atoms with Crippen molar-refractivity contribution >= 4 is 72.8 Å². The standard InChI is InChI=1S/C57H61N9O6S/c1-34(64-28-30-65(31-29-64)38-18-21-43-47(32-38)63(3)62-52(43)44-23-25-51(67)60-55(44)69)14-15-36-16-19-39(20-17-36)72-48-12-7-9-40(35(48)2)41-22-24-50(59-53(41)56(70)71)66-27-26-37-8-6-10-42(45(37)33-66)54(68)61-57-58-46-11-4-5-13-49(46)73-57/h4-13,18,21-22,24,32,34,36,39,44H,14-17,19-20,23,25-31,33H2,1-3H3,(H,70,71)(H,58,61,68)(H,60,67,69)/t34-,36?,39?,44-/m1/s1. The topological polar surface area (TPSA) is 175 Å². The number of anilines is 3. The molecule has 2 atom stereocenters. The molecule has 16 heteroatoms. The van der Waals surface area contributed by atoms with Crippen LogP contribution in [0.25, 0.3) is 32.2 Å². The van der Waals surface area contributed by atoms with Gasteiger partial charge in [-0.15, -0.1) is 0 Å². The van der Waals surface area contributed by atoms with E-state index in [1.165, 1.54) is 17.8 Å². The summed E-state index contributed by atoms with van der Waals surface area (Å²) in [5.74, 6) is -0.236. The number of aryl methyl sites for hydroxylation is 1. The van der Waals surface area contributed by atoms with Crippen LogP contribution in [0.15, 0.2) is 91.0 Å². The third-order valence-corrected chi connectivity index (χ3v) is 16.8. The highest BCUT2D eigenvalue weighted by Crippen LogP contribution is 2.38. The van der Waals surface area contributed by atoms with Crippen molar-refractivity contribution in [2.75, 3.05) is 47.8 Å². The van der Waals surface area contributed by atoms with E-state index in [2.05, 4.69) is 50.5 Å². The smallest absolute Gasteiger partial charge is 0.355 e. The number of carbonyl (C=O) groups is 4. The molecule has 3 amide bonds. The van der Waals surface area contributed by atoms with Gasteiger partial charge in [0.25, 0.3) is 5.91 Å². The molecule has 3 fully saturated rings. The second-order valence-electron chi connectivity index (χ2n) is 20.3. The maximum absolute atomic E-state index is 13.7. The van der Waals surface area contributed by atoms with Gasteiger partial charge in [-0.05, 0) is 148 Å². The summed E-state index contributed by atoms with van der Waals surface area (Å²) in [6.45, 7) is 9.31. The zero-order valence-electron chi connectivity index (χ0n) is 41.6. The van der Waals surface area contributed by atoms with Crippen molar-refractivity contribution in [1.82, 2.24) is 30.0 Å². The quantitative estimate of drug-likeness (QED) is 0.0935. The number of carboxylic acid groups (broad SMARTS) is 1. The Bertz CT molecular complexity index is 3230. The molecule has 3 aliphatic heterocycles. The first-order valence-corrected chi connectivity index (χ1v) is 26.6. The normalized spacial score (nSPS) is 20.0. The number of piperazine rings is 1. The van der Waals surface area contributed by atoms with Crippen molar-refractivity contribution < 1.29 is 29.0 Å². The van der Waals surface area contributed by atoms with Crippen molar-refractivity contribution in [3.63, 3.8) is 0 Å². The van der Waals surface area contributed by atoms with E-state index in [-0.39, 0.29) is 29.5 Å². The van der Waals surface area contributed by atoms with Crippen LogP contribution >= 0.6 is 11.3 Å². The third kappa shape index (κ3) is 9.89. The van der Waals surface area contributed by atoms with Crippen molar-refractivity contribution in [1.29, 1.82) is 0 Å². The predicted octanol–water partition coefficient (Wildman–Crippen LogP) is 9.52. The first-order chi connectivity index (χ1) is 35.4. The van der Waals surface area contributed by atoms with Crippen LogP contribution in [0.1, 0.15) is 107 Å². The van der Waals surface area contributed by atoms with Gasteiger partial charge in [-0.1, -0.05) is 47.7 Å². The Labute approximate surface area is 428 Å². The second-order valence-corrected chi connectivity index (χ2v) is 21.3. The largest absolute Gasteiger partial charge is 0.490 e. The number of nitrogens with one attached hydrogen (secondary N) is 2. The summed E-state index contributed by atoms with van der Waals surface area (Å²) in [6.07, 6.45) is 8.17. The SMILES string of the molecule is Cc1c(OC2CCC(CC[C@@H](C)N3CCN(c4ccc5c([C@H]6CCC(=O)NC6=O)nn(C)c5c4)CC3)CC2)cccc1-c1ccc(N2CCc3cccc(C(=O)Nc4nc5ccccc5s4)c3C2)nc1C(=O)O. The van der Waals surface area contributed by atoms with E-state index in [0.29, 0.717) is 66.4 Å². The van der Waals surface area contributed by atoms with Gasteiger partial charge in [0, 0.05) is 81.0 Å². The number of amides is 3. The van der Waals surface area contributed by atoms with Crippen molar-refractivity contribution in [2.45, 2.75) is 96.2 Å². The molecule has 11 rings (SSSR count). The first kappa shape index (κ1) is 48.1. The number of aromatic carboxylic acids is 1. The van der Waals surface area contributed by atoms with Crippen LogP contribution in [0.5, 0.6) is 5.75 Å². The number of thiazole rings is 1. The highest BCUT2D eigenvalue weighted by atomic mass is 32.1. The number of imide groups is 1. The average Bonchev–Trinajstić information content (AvgIpc) is 3.97. The molecule has 0 bridgehead atoms. The van der Waals surface area contributed by atoms with Crippen LogP contribution in [0.2, 0.25) is 0 Å². The molecule has 0 spiro atoms. The van der Waals surface area contributed by atoms with E-state index in [0.717, 1.165) is 119 Å². The number of fused-ring (bicyclic) bond motifs is 3. The van der Waals surface area contributed by atoms with Gasteiger partial charge in [0.2, 0.25) is 11.8 Å². The Morgan fingerprint density at radius 1 is 0.863 bits per heavy atom. The molecule has 0 unspecified atom stereocenters. The fourth-order valence-electron chi connectivity index (χ4n) is 11.6. The predicted molar refractivity (Wildman–Crippen MR) is 285 cm³/mol. The summed E-state index contributed by atoms with van der Waals surface area (Å²) < 4.78 is 9.57. The van der Waals surface area contributed by atoms with Crippen molar-refractivity contribution in [3.05, 3.63) is 125 Å². The number of hydrogen-bond acceptors (Lipinski definition) is 12. The Morgan fingerprint density at radius 2 is 1.67 bits per heavy atom. The molecule has 2 saturated heterocycles. The van der Waals surface area contributed by atoms with Gasteiger partial charge in [-0.25, -0.2) is 14.8 Å². The van der Waals surface area contributed by atoms with Gasteiger partial charge in [-0.3, -0.25) is 34.6 Å². The van der Waals surface area contributed by atoms with E-state index in [1.807, 2.05) is 96.3 Å². The Hall–Kier alpha value is -7.17. The van der Waals surface area contributed by atoms with Crippen LogP contribution < -0.4 is 25.2 Å². The van der Waals surface area contributed by atoms with Gasteiger partial charge in [0.05, 0.1) is 33.4 Å². The zero-order chi connectivity index (χ0) is 50.3. The molecular weight excluding hydrogens is 939 g/mol. The number of para-hydroxylation sites is 1. The number of hydrogen-bond donors (Lipinski definition) is 3. The number of ether oxygens (including phenoxy) is 1. The molecule has 376 valence electrons. The maximum atomic E-state index is 13.7. The molecular formula is C57H61N9O6S. The summed E-state index contributed by atoms with van der Waals surface area (Å²) >= 11 is 1.44. The molecule has 3 N–H and O–H groups in total. The molecule has 73 heavy (non-hydrogen) atoms. The first-order valence-electron chi connectivity index (χ1n) is 25.8. The van der Waals surface area contributed by atoms with Gasteiger partial charge in [0.15, 0.2) is 10.8 Å². The Kier molecular flexibility index (Phi) is 13.4. The third-order valence-electron chi connectivity index (χ3n) is 15.8. The second kappa shape index (κ2) is 20.4. The number of piperidine rings is 1. The van der Waals surface area contributed by atoms with Crippen molar-refractivity contribution in [3.8, 4) is 16.9 Å². The lowest BCUT2D eigenvalue weighted by molar-refractivity contribution is -0.134. The average molecular weight is 1000 g/mol. The zero-order valence-corrected chi connectivity index (χ0v) is 42.4. The minimum absolute atomic E-state index is 0.0203. The highest BCUT2D eigenvalue weighted by molar-refractivity contribution is 7.22. The van der Waals surface area contributed by atoms with E-state index in [4.69, 9.17) is 14.8 Å². The molecule has 4 aromatic carbocycles. The van der Waals surface area contributed by atoms with E-state index < -0.39 is 11.9 Å². The van der Waals surface area contributed by atoms with Gasteiger partial charge in [0.1, 0.15) is 11.6 Å². The molecule has 1 saturated carbocycles. The van der Waals surface area contributed by atoms with Gasteiger partial charge >= 0.3 is 5.97 Å². The minimum Gasteiger partial charge on any atom is -0.490 e. The Balaban J connectivity index is 0.672. The summed E-state index contributed by atoms with van der Waals surface area (Å²) in [6, 6.07) is 30.1. The number of benzene rings is 4. The van der Waals surface area contributed by atoms with Crippen LogP contribution in [0.3, 0.4) is 0 Å². The lowest BCUT2D eigenvalue weighted by Crippen LogP contribution is -2.49. The van der Waals surface area contributed by atoms with E-state index in [1.54, 1.807) is 0 Å². The molecule has 4 aliphatic rings. The number of carboxylic acids is 1. The number of aromatic nitrogens is 4. The van der Waals surface area contributed by atoms with E-state index >= 15 is 0 Å². The van der Waals surface area contributed by atoms with Crippen LogP contribution in [0.4, 0.5) is 16.6 Å². The molecule has 1 aliphatic carbocycles. The highest BCUT2D eigenvalue weighted by Gasteiger charge is 2.33. The lowest BCUT2D eigenvalue weighted by atomic mass is 9.83. The van der Waals surface area contributed by atoms with E-state index in [9.17, 15) is 24.3 Å². The van der Waals surface area contributed by atoms with Crippen LogP contribution in [-0.4, -0.2) is 98.3 Å². The summed E-state index contributed by atoms with van der Waals surface area (Å²) in [4.78, 5) is 67.4. The maximum Gasteiger partial charge on any atom is 0.355 e. The molecule has 6 heterocycles. The molecule has 3 aromatic heterocycles. The number of pyridine rings is 1. The Morgan fingerprint density at radius 3 is 2.47 bits per heavy atom. The number of carbonyl (C=O) groups excluding carboxylic acids is 3. The van der Waals surface area contributed by atoms with Crippen LogP contribution in [0, 0.1) is 12.8 Å². The minimum atomic E-state index is -1.10. The molecule has 15 nitrogen and oxygen atoms in total. The molecule has 7 aromatic rings. The molecule has 0 radical (unpaired) electrons. The fourth-order valence-corrected chi connectivity index (χ4v) is 12.5. The monoisotopic (exact) mass is 999 g/mol. The fraction of sp³-hybridized carbons (Fsp3) is 0.386. The van der Waals surface area contributed by atoms with Gasteiger partial charge < -0.3 is 19.6 Å². The summed E-state index contributed by atoms with van der Waals surface area (Å²) in [7, 11) is 1.92. The van der Waals surface area contributed by atoms with Gasteiger partial charge in [-0.2, -0.15) is 5.10 Å². The number of rotatable bonds is 13. The van der Waals surface area contributed by atoms with Crippen LogP contribution in [-0.2, 0) is 29.6 Å². The van der Waals surface area contributed by atoms with Crippen molar-refractivity contribution in [2.24, 2.45) is 13.0 Å². The lowest BCUT2D eigenvalue weighted by Gasteiger charge is -2.39.